The second kappa shape index (κ2) is 11.7. The third kappa shape index (κ3) is 5.52. The highest BCUT2D eigenvalue weighted by Gasteiger charge is 2.37. The largest absolute Gasteiger partial charge is 0.490 e. The number of nitro groups is 1. The molecule has 1 fully saturated rings. The predicted octanol–water partition coefficient (Wildman–Crippen LogP) is 6.35. The number of barbiturate groups is 1. The van der Waals surface area contributed by atoms with Crippen LogP contribution in [0.25, 0.3) is 16.8 Å². The molecule has 0 bridgehead atoms. The third-order valence-corrected chi connectivity index (χ3v) is 6.96. The van der Waals surface area contributed by atoms with Crippen LogP contribution in [0.3, 0.4) is 0 Å². The van der Waals surface area contributed by atoms with Gasteiger partial charge in [0.1, 0.15) is 12.2 Å². The molecule has 1 N–H and O–H groups in total. The lowest BCUT2D eigenvalue weighted by Crippen LogP contribution is -2.54. The monoisotopic (exact) mass is 585 g/mol. The molecule has 1 heterocycles. The van der Waals surface area contributed by atoms with Crippen LogP contribution in [0.1, 0.15) is 23.6 Å². The van der Waals surface area contributed by atoms with Crippen molar-refractivity contribution in [1.82, 2.24) is 5.32 Å². The van der Waals surface area contributed by atoms with Gasteiger partial charge in [-0.25, -0.2) is 9.69 Å². The number of nitro benzene ring substituents is 1. The normalized spacial score (nSPS) is 14.3. The average Bonchev–Trinajstić information content (AvgIpc) is 2.96. The van der Waals surface area contributed by atoms with Gasteiger partial charge in [0.25, 0.3) is 17.5 Å². The van der Waals surface area contributed by atoms with Crippen molar-refractivity contribution < 1.29 is 28.8 Å². The number of imide groups is 2. The van der Waals surface area contributed by atoms with Crippen LogP contribution in [-0.4, -0.2) is 29.4 Å². The smallest absolute Gasteiger partial charge is 0.335 e. The van der Waals surface area contributed by atoms with Crippen molar-refractivity contribution >= 4 is 57.7 Å². The van der Waals surface area contributed by atoms with Crippen LogP contribution in [-0.2, 0) is 16.2 Å². The minimum Gasteiger partial charge on any atom is -0.490 e. The van der Waals surface area contributed by atoms with Crippen LogP contribution in [0, 0.1) is 17.0 Å². The summed E-state index contributed by atoms with van der Waals surface area (Å²) in [7, 11) is 0. The quantitative estimate of drug-likeness (QED) is 0.110. The first-order valence-electron chi connectivity index (χ1n) is 12.9. The Hall–Kier alpha value is -5.22. The molecule has 42 heavy (non-hydrogen) atoms. The summed E-state index contributed by atoms with van der Waals surface area (Å²) in [4.78, 5) is 49.8. The third-order valence-electron chi connectivity index (χ3n) is 6.68. The zero-order valence-corrected chi connectivity index (χ0v) is 23.3. The molecule has 5 rings (SSSR count). The summed E-state index contributed by atoms with van der Waals surface area (Å²) in [5.74, 6) is -1.29. The Labute approximate surface area is 245 Å². The molecule has 0 spiro atoms. The number of rotatable bonds is 8. The van der Waals surface area contributed by atoms with E-state index in [2.05, 4.69) is 5.32 Å². The maximum atomic E-state index is 13.3. The standard InChI is InChI=1S/C31H24ClN3O7/c1-3-41-27-15-19(14-26(32)28(27)42-17-25-18(2)11-12-20-7-4-5-10-23(20)25)13-24-29(36)33-31(38)34(30(24)37)21-8-6-9-22(16-21)35(39)40/h4-16H,3,17H2,1-2H3,(H,33,36,38)/b24-13+. The van der Waals surface area contributed by atoms with Crippen LogP contribution < -0.4 is 19.7 Å². The first-order chi connectivity index (χ1) is 20.2. The van der Waals surface area contributed by atoms with E-state index in [9.17, 15) is 24.5 Å². The van der Waals surface area contributed by atoms with Crippen molar-refractivity contribution in [3.8, 4) is 11.5 Å². The molecule has 212 valence electrons. The van der Waals surface area contributed by atoms with Gasteiger partial charge in [0.2, 0.25) is 0 Å². The maximum absolute atomic E-state index is 13.3. The number of nitrogens with one attached hydrogen (secondary N) is 1. The van der Waals surface area contributed by atoms with Crippen LogP contribution in [0.2, 0.25) is 5.02 Å². The molecule has 0 radical (unpaired) electrons. The van der Waals surface area contributed by atoms with E-state index in [1.54, 1.807) is 13.0 Å². The first-order valence-corrected chi connectivity index (χ1v) is 13.3. The fraction of sp³-hybridized carbons (Fsp3) is 0.129. The number of hydrogen-bond acceptors (Lipinski definition) is 7. The van der Waals surface area contributed by atoms with Crippen molar-refractivity contribution in [2.24, 2.45) is 0 Å². The summed E-state index contributed by atoms with van der Waals surface area (Å²) >= 11 is 6.63. The minimum absolute atomic E-state index is 0.0642. The molecular weight excluding hydrogens is 562 g/mol. The Balaban J connectivity index is 1.48. The lowest BCUT2D eigenvalue weighted by Gasteiger charge is -2.26. The van der Waals surface area contributed by atoms with Crippen molar-refractivity contribution in [3.05, 3.63) is 110 Å². The Morgan fingerprint density at radius 3 is 2.55 bits per heavy atom. The highest BCUT2D eigenvalue weighted by atomic mass is 35.5. The summed E-state index contributed by atoms with van der Waals surface area (Å²) in [6.07, 6.45) is 1.27. The van der Waals surface area contributed by atoms with E-state index in [-0.39, 0.29) is 35.2 Å². The first kappa shape index (κ1) is 28.3. The highest BCUT2D eigenvalue weighted by molar-refractivity contribution is 6.39. The van der Waals surface area contributed by atoms with E-state index in [0.29, 0.717) is 22.0 Å². The Bertz CT molecular complexity index is 1800. The number of carbonyl (C=O) groups excluding carboxylic acids is 3. The number of benzene rings is 4. The molecule has 0 unspecified atom stereocenters. The topological polar surface area (TPSA) is 128 Å². The van der Waals surface area contributed by atoms with E-state index in [4.69, 9.17) is 21.1 Å². The number of ether oxygens (including phenoxy) is 2. The number of nitrogens with zero attached hydrogens (tertiary/aromatic N) is 2. The number of non-ortho nitro benzene ring substituents is 1. The van der Waals surface area contributed by atoms with E-state index >= 15 is 0 Å². The number of carbonyl (C=O) groups is 3. The summed E-state index contributed by atoms with van der Waals surface area (Å²) in [6.45, 7) is 4.29. The molecule has 4 amide bonds. The Morgan fingerprint density at radius 1 is 1.00 bits per heavy atom. The number of fused-ring (bicyclic) bond motifs is 1. The van der Waals surface area contributed by atoms with E-state index in [1.165, 1.54) is 30.3 Å². The molecular formula is C31H24ClN3O7. The van der Waals surface area contributed by atoms with Gasteiger partial charge in [-0.1, -0.05) is 54.1 Å². The number of hydrogen-bond donors (Lipinski definition) is 1. The molecule has 4 aromatic carbocycles. The van der Waals surface area contributed by atoms with Crippen molar-refractivity contribution in [1.29, 1.82) is 0 Å². The SMILES string of the molecule is CCOc1cc(/C=C2\C(=O)NC(=O)N(c3cccc([N+](=O)[O-])c3)C2=O)cc(Cl)c1OCc1c(C)ccc2ccccc12. The van der Waals surface area contributed by atoms with Gasteiger partial charge in [-0.15, -0.1) is 0 Å². The molecule has 0 saturated carbocycles. The van der Waals surface area contributed by atoms with Gasteiger partial charge >= 0.3 is 6.03 Å². The Morgan fingerprint density at radius 2 is 1.79 bits per heavy atom. The molecule has 1 aliphatic heterocycles. The van der Waals surface area contributed by atoms with Gasteiger partial charge in [0.05, 0.1) is 22.2 Å². The maximum Gasteiger partial charge on any atom is 0.335 e. The molecule has 0 atom stereocenters. The van der Waals surface area contributed by atoms with Crippen LogP contribution in [0.15, 0.2) is 78.4 Å². The summed E-state index contributed by atoms with van der Waals surface area (Å²) in [5.41, 5.74) is 1.62. The number of halogens is 1. The fourth-order valence-corrected chi connectivity index (χ4v) is 4.93. The van der Waals surface area contributed by atoms with Crippen molar-refractivity contribution in [3.63, 3.8) is 0 Å². The number of aryl methyl sites for hydroxylation is 1. The fourth-order valence-electron chi connectivity index (χ4n) is 4.66. The van der Waals surface area contributed by atoms with Gasteiger partial charge in [-0.2, -0.15) is 0 Å². The lowest BCUT2D eigenvalue weighted by molar-refractivity contribution is -0.384. The molecule has 4 aromatic rings. The minimum atomic E-state index is -1.02. The van der Waals surface area contributed by atoms with Crippen LogP contribution in [0.4, 0.5) is 16.2 Å². The van der Waals surface area contributed by atoms with Gasteiger partial charge in [0.15, 0.2) is 11.5 Å². The predicted molar refractivity (Wildman–Crippen MR) is 158 cm³/mol. The summed E-state index contributed by atoms with van der Waals surface area (Å²) in [5, 5.41) is 15.6. The number of urea groups is 1. The molecule has 1 saturated heterocycles. The van der Waals surface area contributed by atoms with Crippen molar-refractivity contribution in [2.75, 3.05) is 11.5 Å². The van der Waals surface area contributed by atoms with Crippen molar-refractivity contribution in [2.45, 2.75) is 20.5 Å². The van der Waals surface area contributed by atoms with E-state index in [0.717, 1.165) is 28.0 Å². The van der Waals surface area contributed by atoms with E-state index < -0.39 is 22.8 Å². The van der Waals surface area contributed by atoms with Gasteiger partial charge in [-0.05, 0) is 60.0 Å². The summed E-state index contributed by atoms with van der Waals surface area (Å²) in [6, 6.07) is 19.1. The summed E-state index contributed by atoms with van der Waals surface area (Å²) < 4.78 is 12.0. The van der Waals surface area contributed by atoms with Crippen LogP contribution in [0.5, 0.6) is 11.5 Å². The second-order valence-corrected chi connectivity index (χ2v) is 9.78. The average molecular weight is 586 g/mol. The van der Waals surface area contributed by atoms with Gasteiger partial charge in [-0.3, -0.25) is 25.0 Å². The number of anilines is 1. The zero-order valence-electron chi connectivity index (χ0n) is 22.5. The van der Waals surface area contributed by atoms with Gasteiger partial charge < -0.3 is 9.47 Å². The Kier molecular flexibility index (Phi) is 7.90. The number of amides is 4. The molecule has 1 aliphatic rings. The van der Waals surface area contributed by atoms with Gasteiger partial charge in [0, 0.05) is 17.7 Å². The molecule has 10 nitrogen and oxygen atoms in total. The van der Waals surface area contributed by atoms with Crippen LogP contribution >= 0.6 is 11.6 Å². The van der Waals surface area contributed by atoms with E-state index in [1.807, 2.05) is 43.3 Å². The zero-order chi connectivity index (χ0) is 30.0. The highest BCUT2D eigenvalue weighted by Crippen LogP contribution is 2.39. The molecule has 0 aromatic heterocycles. The molecule has 0 aliphatic carbocycles. The molecule has 11 heteroatoms. The second-order valence-electron chi connectivity index (χ2n) is 9.37. The lowest BCUT2D eigenvalue weighted by atomic mass is 10.0.